The summed E-state index contributed by atoms with van der Waals surface area (Å²) in [4.78, 5) is 12.6. The van der Waals surface area contributed by atoms with Gasteiger partial charge in [0.2, 0.25) is 5.91 Å². The molecule has 1 N–H and O–H groups in total. The summed E-state index contributed by atoms with van der Waals surface area (Å²) >= 11 is 0. The van der Waals surface area contributed by atoms with Crippen LogP contribution in [-0.4, -0.2) is 5.91 Å². The Hall–Kier alpha value is -2.55. The number of fused-ring (bicyclic) bond motifs is 1. The van der Waals surface area contributed by atoms with E-state index in [1.54, 1.807) is 6.26 Å². The highest BCUT2D eigenvalue weighted by Gasteiger charge is 2.13. The van der Waals surface area contributed by atoms with E-state index in [0.717, 1.165) is 40.6 Å². The van der Waals surface area contributed by atoms with Crippen LogP contribution in [0.5, 0.6) is 0 Å². The highest BCUT2D eigenvalue weighted by Crippen LogP contribution is 2.25. The predicted octanol–water partition coefficient (Wildman–Crippen LogP) is 5.05. The normalized spacial score (nSPS) is 11.0. The lowest BCUT2D eigenvalue weighted by atomic mass is 10.0. The maximum absolute atomic E-state index is 12.6. The summed E-state index contributed by atoms with van der Waals surface area (Å²) in [6.07, 6.45) is 3.81. The Morgan fingerprint density at radius 2 is 1.75 bits per heavy atom. The number of amides is 1. The van der Waals surface area contributed by atoms with Crippen molar-refractivity contribution < 1.29 is 9.21 Å². The molecule has 0 saturated heterocycles. The van der Waals surface area contributed by atoms with E-state index in [9.17, 15) is 4.79 Å². The predicted molar refractivity (Wildman–Crippen MR) is 98.5 cm³/mol. The van der Waals surface area contributed by atoms with Crippen molar-refractivity contribution in [2.45, 2.75) is 40.0 Å². The van der Waals surface area contributed by atoms with Gasteiger partial charge in [0, 0.05) is 16.6 Å². The van der Waals surface area contributed by atoms with Crippen LogP contribution in [0.1, 0.15) is 36.1 Å². The van der Waals surface area contributed by atoms with Crippen molar-refractivity contribution >= 4 is 22.6 Å². The number of para-hydroxylation sites is 1. The lowest BCUT2D eigenvalue weighted by Gasteiger charge is -2.14. The number of benzene rings is 2. The number of rotatable bonds is 5. The van der Waals surface area contributed by atoms with Crippen LogP contribution in [0.3, 0.4) is 0 Å². The Balaban J connectivity index is 1.83. The molecule has 1 amide bonds. The number of anilines is 1. The van der Waals surface area contributed by atoms with Crippen molar-refractivity contribution in [3.63, 3.8) is 0 Å². The Bertz CT molecular complexity index is 854. The van der Waals surface area contributed by atoms with Crippen LogP contribution in [0.15, 0.2) is 47.1 Å². The van der Waals surface area contributed by atoms with Gasteiger partial charge >= 0.3 is 0 Å². The minimum Gasteiger partial charge on any atom is -0.464 e. The first-order valence-electron chi connectivity index (χ1n) is 8.49. The fourth-order valence-corrected chi connectivity index (χ4v) is 3.09. The molecule has 2 aromatic carbocycles. The standard InChI is InChI=1S/C21H23NO2/c1-4-15-7-6-8-16(5-2)21(15)22-20(23)12-17-13-24-19-11-14(3)9-10-18(17)19/h6-11,13H,4-5,12H2,1-3H3,(H,22,23). The van der Waals surface area contributed by atoms with E-state index in [0.29, 0.717) is 6.42 Å². The summed E-state index contributed by atoms with van der Waals surface area (Å²) in [6.45, 7) is 6.25. The second-order valence-electron chi connectivity index (χ2n) is 6.14. The number of carbonyl (C=O) groups excluding carboxylic acids is 1. The van der Waals surface area contributed by atoms with Gasteiger partial charge in [0.25, 0.3) is 0 Å². The number of furan rings is 1. The molecule has 124 valence electrons. The first-order chi connectivity index (χ1) is 11.6. The van der Waals surface area contributed by atoms with Crippen LogP contribution in [0.2, 0.25) is 0 Å². The summed E-state index contributed by atoms with van der Waals surface area (Å²) in [7, 11) is 0. The molecule has 0 bridgehead atoms. The molecule has 3 aromatic rings. The van der Waals surface area contributed by atoms with Crippen LogP contribution >= 0.6 is 0 Å². The van der Waals surface area contributed by atoms with E-state index >= 15 is 0 Å². The Labute approximate surface area is 142 Å². The van der Waals surface area contributed by atoms with Crippen molar-refractivity contribution in [3.8, 4) is 0 Å². The van der Waals surface area contributed by atoms with Gasteiger partial charge in [0.05, 0.1) is 12.7 Å². The first-order valence-corrected chi connectivity index (χ1v) is 8.49. The number of aryl methyl sites for hydroxylation is 3. The van der Waals surface area contributed by atoms with Crippen LogP contribution in [-0.2, 0) is 24.1 Å². The van der Waals surface area contributed by atoms with E-state index in [2.05, 4.69) is 37.4 Å². The first kappa shape index (κ1) is 16.3. The zero-order chi connectivity index (χ0) is 17.1. The van der Waals surface area contributed by atoms with Gasteiger partial charge in [0.1, 0.15) is 5.58 Å². The molecule has 0 aliphatic heterocycles. The van der Waals surface area contributed by atoms with Crippen molar-refractivity contribution in [2.24, 2.45) is 0 Å². The second kappa shape index (κ2) is 6.91. The van der Waals surface area contributed by atoms with Crippen LogP contribution < -0.4 is 5.32 Å². The van der Waals surface area contributed by atoms with Gasteiger partial charge in [0.15, 0.2) is 0 Å². The third kappa shape index (κ3) is 3.21. The zero-order valence-electron chi connectivity index (χ0n) is 14.5. The third-order valence-corrected chi connectivity index (χ3v) is 4.43. The third-order valence-electron chi connectivity index (χ3n) is 4.43. The van der Waals surface area contributed by atoms with Crippen LogP contribution in [0.25, 0.3) is 11.0 Å². The summed E-state index contributed by atoms with van der Waals surface area (Å²) in [6, 6.07) is 12.3. The van der Waals surface area contributed by atoms with Gasteiger partial charge in [-0.3, -0.25) is 4.79 Å². The van der Waals surface area contributed by atoms with E-state index in [-0.39, 0.29) is 5.91 Å². The number of carbonyl (C=O) groups is 1. The zero-order valence-corrected chi connectivity index (χ0v) is 14.5. The number of nitrogens with one attached hydrogen (secondary N) is 1. The molecule has 0 atom stereocenters. The van der Waals surface area contributed by atoms with Crippen molar-refractivity contribution in [2.75, 3.05) is 5.32 Å². The smallest absolute Gasteiger partial charge is 0.228 e. The largest absolute Gasteiger partial charge is 0.464 e. The minimum atomic E-state index is -0.00567. The quantitative estimate of drug-likeness (QED) is 0.714. The molecule has 1 heterocycles. The van der Waals surface area contributed by atoms with Crippen molar-refractivity contribution in [1.82, 2.24) is 0 Å². The highest BCUT2D eigenvalue weighted by atomic mass is 16.3. The summed E-state index contributed by atoms with van der Waals surface area (Å²) in [5, 5.41) is 4.12. The van der Waals surface area contributed by atoms with Gasteiger partial charge in [-0.25, -0.2) is 0 Å². The summed E-state index contributed by atoms with van der Waals surface area (Å²) in [5.74, 6) is -0.00567. The van der Waals surface area contributed by atoms with Crippen LogP contribution in [0.4, 0.5) is 5.69 Å². The number of hydrogen-bond acceptors (Lipinski definition) is 2. The lowest BCUT2D eigenvalue weighted by molar-refractivity contribution is -0.115. The lowest BCUT2D eigenvalue weighted by Crippen LogP contribution is -2.16. The van der Waals surface area contributed by atoms with Gasteiger partial charge < -0.3 is 9.73 Å². The maximum Gasteiger partial charge on any atom is 0.228 e. The fourth-order valence-electron chi connectivity index (χ4n) is 3.09. The Morgan fingerprint density at radius 1 is 1.04 bits per heavy atom. The molecule has 3 heteroatoms. The molecule has 0 aliphatic carbocycles. The SMILES string of the molecule is CCc1cccc(CC)c1NC(=O)Cc1coc2cc(C)ccc12. The molecular weight excluding hydrogens is 298 g/mol. The van der Waals surface area contributed by atoms with Gasteiger partial charge in [-0.2, -0.15) is 0 Å². The molecule has 0 fully saturated rings. The molecule has 0 aliphatic rings. The van der Waals surface area contributed by atoms with Gasteiger partial charge in [-0.15, -0.1) is 0 Å². The van der Waals surface area contributed by atoms with Crippen LogP contribution in [0, 0.1) is 6.92 Å². The highest BCUT2D eigenvalue weighted by molar-refractivity contribution is 5.96. The van der Waals surface area contributed by atoms with E-state index in [4.69, 9.17) is 4.42 Å². The fraction of sp³-hybridized carbons (Fsp3) is 0.286. The maximum atomic E-state index is 12.6. The second-order valence-corrected chi connectivity index (χ2v) is 6.14. The van der Waals surface area contributed by atoms with E-state index < -0.39 is 0 Å². The minimum absolute atomic E-state index is 0.00567. The average molecular weight is 321 g/mol. The summed E-state index contributed by atoms with van der Waals surface area (Å²) in [5.41, 5.74) is 6.23. The van der Waals surface area contributed by atoms with Gasteiger partial charge in [-0.05, 0) is 42.5 Å². The van der Waals surface area contributed by atoms with Crippen molar-refractivity contribution in [3.05, 3.63) is 64.9 Å². The molecule has 24 heavy (non-hydrogen) atoms. The molecule has 1 aromatic heterocycles. The summed E-state index contributed by atoms with van der Waals surface area (Å²) < 4.78 is 5.59. The van der Waals surface area contributed by atoms with Gasteiger partial charge in [-0.1, -0.05) is 44.2 Å². The van der Waals surface area contributed by atoms with E-state index in [1.807, 2.05) is 25.1 Å². The monoisotopic (exact) mass is 321 g/mol. The molecule has 3 rings (SSSR count). The number of hydrogen-bond donors (Lipinski definition) is 1. The molecule has 0 spiro atoms. The molecule has 0 unspecified atom stereocenters. The molecular formula is C21H23NO2. The van der Waals surface area contributed by atoms with E-state index in [1.165, 1.54) is 11.1 Å². The Kier molecular flexibility index (Phi) is 4.70. The topological polar surface area (TPSA) is 42.2 Å². The molecule has 0 radical (unpaired) electrons. The van der Waals surface area contributed by atoms with Crippen molar-refractivity contribution in [1.29, 1.82) is 0 Å². The Morgan fingerprint density at radius 3 is 2.42 bits per heavy atom. The average Bonchev–Trinajstić information content (AvgIpc) is 2.96. The molecule has 0 saturated carbocycles. The molecule has 3 nitrogen and oxygen atoms in total.